The van der Waals surface area contributed by atoms with Gasteiger partial charge in [-0.2, -0.15) is 4.98 Å². The molecule has 3 aromatic carbocycles. The number of carbonyl (C=O) groups is 1. The van der Waals surface area contributed by atoms with Crippen LogP contribution in [0.2, 0.25) is 0 Å². The van der Waals surface area contributed by atoms with Gasteiger partial charge in [-0.15, -0.1) is 0 Å². The number of aryl methyl sites for hydroxylation is 1. The number of hydrogen-bond acceptors (Lipinski definition) is 6. The highest BCUT2D eigenvalue weighted by Crippen LogP contribution is 2.35. The third kappa shape index (κ3) is 5.04. The average molecular weight is 543 g/mol. The fourth-order valence-electron chi connectivity index (χ4n) is 5.10. The van der Waals surface area contributed by atoms with E-state index in [2.05, 4.69) is 51.5 Å². The van der Waals surface area contributed by atoms with Gasteiger partial charge in [-0.3, -0.25) is 0 Å². The van der Waals surface area contributed by atoms with E-state index in [1.54, 1.807) is 4.90 Å². The molecule has 1 aliphatic heterocycles. The smallest absolute Gasteiger partial charge is 0.321 e. The number of anilines is 2. The van der Waals surface area contributed by atoms with Gasteiger partial charge in [-0.1, -0.05) is 48.5 Å². The number of halogens is 2. The molecule has 3 heterocycles. The minimum absolute atomic E-state index is 0.0567. The van der Waals surface area contributed by atoms with Crippen LogP contribution in [0.1, 0.15) is 25.6 Å². The van der Waals surface area contributed by atoms with E-state index in [9.17, 15) is 13.6 Å². The fourth-order valence-corrected chi connectivity index (χ4v) is 5.10. The third-order valence-corrected chi connectivity index (χ3v) is 7.12. The van der Waals surface area contributed by atoms with Gasteiger partial charge in [0.05, 0.1) is 5.69 Å². The van der Waals surface area contributed by atoms with Crippen molar-refractivity contribution in [1.82, 2.24) is 20.0 Å². The number of benzene rings is 3. The highest BCUT2D eigenvalue weighted by atomic mass is 19.1. The molecule has 6 rings (SSSR count). The van der Waals surface area contributed by atoms with E-state index < -0.39 is 17.7 Å². The van der Waals surface area contributed by atoms with E-state index in [-0.39, 0.29) is 5.69 Å². The van der Waals surface area contributed by atoms with Crippen LogP contribution < -0.4 is 10.2 Å². The van der Waals surface area contributed by atoms with Crippen LogP contribution in [0, 0.1) is 11.6 Å². The van der Waals surface area contributed by atoms with Crippen molar-refractivity contribution < 1.29 is 18.1 Å². The van der Waals surface area contributed by atoms with Crippen LogP contribution in [0.3, 0.4) is 0 Å². The summed E-state index contributed by atoms with van der Waals surface area (Å²) in [6, 6.07) is 16.9. The second-order valence-electron chi connectivity index (χ2n) is 9.87. The molecule has 0 saturated carbocycles. The zero-order valence-corrected chi connectivity index (χ0v) is 22.0. The van der Waals surface area contributed by atoms with Gasteiger partial charge in [0.2, 0.25) is 0 Å². The molecule has 1 N–H and O–H groups in total. The van der Waals surface area contributed by atoms with Gasteiger partial charge >= 0.3 is 6.03 Å². The summed E-state index contributed by atoms with van der Waals surface area (Å²) in [7, 11) is 0. The van der Waals surface area contributed by atoms with Crippen molar-refractivity contribution in [2.45, 2.75) is 26.2 Å². The Morgan fingerprint density at radius 1 is 0.975 bits per heavy atom. The Bertz CT molecular complexity index is 1710. The number of urea groups is 1. The van der Waals surface area contributed by atoms with E-state index in [0.717, 1.165) is 46.1 Å². The standard InChI is InChI=1S/C30H28F2N6O2/c1-2-6-25-34-28(26-27(36-40-29(26)35-25)21-10-9-19-7-3-4-8-20(19)17-21)37-13-5-14-38(16-15-37)30(39)33-24-12-11-22(31)18-23(24)32/h3-4,7-12,17-18H,2,5-6,13-16H2,1H3,(H,33,39). The van der Waals surface area contributed by atoms with Crippen molar-refractivity contribution in [3.05, 3.63) is 78.1 Å². The monoisotopic (exact) mass is 542 g/mol. The van der Waals surface area contributed by atoms with Crippen molar-refractivity contribution >= 4 is 39.4 Å². The highest BCUT2D eigenvalue weighted by Gasteiger charge is 2.26. The molecular formula is C30H28F2N6O2. The van der Waals surface area contributed by atoms with Gasteiger partial charge in [0.25, 0.3) is 5.71 Å². The van der Waals surface area contributed by atoms with Crippen LogP contribution in [0.5, 0.6) is 0 Å². The predicted octanol–water partition coefficient (Wildman–Crippen LogP) is 6.41. The fraction of sp³-hybridized carbons (Fsp3) is 0.267. The van der Waals surface area contributed by atoms with Gasteiger partial charge in [0.1, 0.15) is 34.4 Å². The summed E-state index contributed by atoms with van der Waals surface area (Å²) in [5, 5.41) is 9.94. The summed E-state index contributed by atoms with van der Waals surface area (Å²) >= 11 is 0. The van der Waals surface area contributed by atoms with Gasteiger partial charge in [0, 0.05) is 44.2 Å². The second-order valence-corrected chi connectivity index (χ2v) is 9.87. The molecule has 204 valence electrons. The maximum atomic E-state index is 14.1. The number of hydrogen-bond donors (Lipinski definition) is 1. The van der Waals surface area contributed by atoms with Crippen molar-refractivity contribution in [1.29, 1.82) is 0 Å². The molecule has 40 heavy (non-hydrogen) atoms. The summed E-state index contributed by atoms with van der Waals surface area (Å²) in [5.41, 5.74) is 1.95. The van der Waals surface area contributed by atoms with E-state index in [1.807, 2.05) is 18.2 Å². The first kappa shape index (κ1) is 25.7. The predicted molar refractivity (Wildman–Crippen MR) is 150 cm³/mol. The number of amides is 2. The Hall–Kier alpha value is -4.60. The molecule has 2 amide bonds. The van der Waals surface area contributed by atoms with E-state index in [1.165, 1.54) is 6.07 Å². The molecule has 1 fully saturated rings. The van der Waals surface area contributed by atoms with Gasteiger partial charge in [-0.25, -0.2) is 18.6 Å². The first-order valence-corrected chi connectivity index (χ1v) is 13.4. The lowest BCUT2D eigenvalue weighted by molar-refractivity contribution is 0.215. The molecule has 0 aliphatic carbocycles. The van der Waals surface area contributed by atoms with Crippen LogP contribution in [-0.2, 0) is 6.42 Å². The summed E-state index contributed by atoms with van der Waals surface area (Å²) in [6.07, 6.45) is 2.25. The first-order chi connectivity index (χ1) is 19.5. The number of carbonyl (C=O) groups excluding carboxylic acids is 1. The first-order valence-electron chi connectivity index (χ1n) is 13.4. The number of aromatic nitrogens is 3. The van der Waals surface area contributed by atoms with Crippen molar-refractivity contribution in [2.75, 3.05) is 36.4 Å². The Morgan fingerprint density at radius 3 is 2.65 bits per heavy atom. The lowest BCUT2D eigenvalue weighted by atomic mass is 10.0. The Labute approximate surface area is 229 Å². The molecule has 8 nitrogen and oxygen atoms in total. The highest BCUT2D eigenvalue weighted by molar-refractivity contribution is 6.00. The topological polar surface area (TPSA) is 87.4 Å². The molecule has 10 heteroatoms. The van der Waals surface area contributed by atoms with E-state index in [4.69, 9.17) is 9.51 Å². The van der Waals surface area contributed by atoms with Crippen LogP contribution in [0.15, 0.2) is 65.2 Å². The summed E-state index contributed by atoms with van der Waals surface area (Å²) in [4.78, 5) is 26.3. The number of fused-ring (bicyclic) bond motifs is 2. The summed E-state index contributed by atoms with van der Waals surface area (Å²) < 4.78 is 33.1. The van der Waals surface area contributed by atoms with E-state index >= 15 is 0 Å². The lowest BCUT2D eigenvalue weighted by Gasteiger charge is -2.24. The Morgan fingerprint density at radius 2 is 1.82 bits per heavy atom. The number of nitrogens with one attached hydrogen (secondary N) is 1. The molecule has 1 saturated heterocycles. The van der Waals surface area contributed by atoms with Gasteiger partial charge < -0.3 is 19.6 Å². The lowest BCUT2D eigenvalue weighted by Crippen LogP contribution is -2.38. The minimum atomic E-state index is -0.815. The van der Waals surface area contributed by atoms with Crippen molar-refractivity contribution in [2.24, 2.45) is 0 Å². The molecular weight excluding hydrogens is 514 g/mol. The molecule has 0 radical (unpaired) electrons. The molecule has 2 aromatic heterocycles. The normalized spacial score (nSPS) is 14.1. The Kier molecular flexibility index (Phi) is 6.98. The van der Waals surface area contributed by atoms with Crippen molar-refractivity contribution in [3.63, 3.8) is 0 Å². The van der Waals surface area contributed by atoms with Crippen molar-refractivity contribution in [3.8, 4) is 11.3 Å². The van der Waals surface area contributed by atoms with E-state index in [0.29, 0.717) is 56.3 Å². The maximum Gasteiger partial charge on any atom is 0.321 e. The molecule has 0 unspecified atom stereocenters. The van der Waals surface area contributed by atoms with Crippen LogP contribution in [0.25, 0.3) is 33.1 Å². The summed E-state index contributed by atoms with van der Waals surface area (Å²) in [6.45, 7) is 4.08. The molecule has 0 spiro atoms. The molecule has 0 bridgehead atoms. The quantitative estimate of drug-likeness (QED) is 0.276. The van der Waals surface area contributed by atoms with Crippen LogP contribution in [-0.4, -0.2) is 52.2 Å². The average Bonchev–Trinajstić information content (AvgIpc) is 3.22. The van der Waals surface area contributed by atoms with Gasteiger partial charge in [0.15, 0.2) is 0 Å². The van der Waals surface area contributed by atoms with Crippen LogP contribution in [0.4, 0.5) is 25.1 Å². The van der Waals surface area contributed by atoms with Crippen LogP contribution >= 0.6 is 0 Å². The molecule has 1 aliphatic rings. The minimum Gasteiger partial charge on any atom is -0.354 e. The second kappa shape index (κ2) is 10.9. The zero-order valence-electron chi connectivity index (χ0n) is 22.0. The Balaban J connectivity index is 1.31. The largest absolute Gasteiger partial charge is 0.354 e. The number of rotatable bonds is 5. The zero-order chi connectivity index (χ0) is 27.6. The molecule has 5 aromatic rings. The summed E-state index contributed by atoms with van der Waals surface area (Å²) in [5.74, 6) is -0.108. The number of nitrogens with zero attached hydrogens (tertiary/aromatic N) is 5. The van der Waals surface area contributed by atoms with Gasteiger partial charge in [-0.05, 0) is 41.8 Å². The maximum absolute atomic E-state index is 14.1. The SMILES string of the molecule is CCCc1nc(N2CCCN(C(=O)Nc3ccc(F)cc3F)CC2)c2c(-c3ccc4ccccc4c3)noc2n1. The third-order valence-electron chi connectivity index (χ3n) is 7.12. The molecule has 0 atom stereocenters.